The van der Waals surface area contributed by atoms with E-state index in [0.29, 0.717) is 0 Å². The van der Waals surface area contributed by atoms with Crippen LogP contribution in [0, 0.1) is 0 Å². The van der Waals surface area contributed by atoms with E-state index in [0.717, 1.165) is 16.6 Å². The van der Waals surface area contributed by atoms with Crippen LogP contribution < -0.4 is 11.3 Å². The van der Waals surface area contributed by atoms with Crippen LogP contribution in [0.25, 0.3) is 0 Å². The minimum absolute atomic E-state index is 0.156. The fourth-order valence-electron chi connectivity index (χ4n) is 3.23. The van der Waals surface area contributed by atoms with Crippen molar-refractivity contribution >= 4 is 15.9 Å². The van der Waals surface area contributed by atoms with Crippen LogP contribution in [0.5, 0.6) is 0 Å². The first-order chi connectivity index (χ1) is 9.08. The van der Waals surface area contributed by atoms with E-state index in [-0.39, 0.29) is 11.6 Å². The van der Waals surface area contributed by atoms with Gasteiger partial charge in [0.25, 0.3) is 0 Å². The number of halogens is 1. The molecule has 0 radical (unpaired) electrons. The van der Waals surface area contributed by atoms with Gasteiger partial charge in [0, 0.05) is 34.4 Å². The summed E-state index contributed by atoms with van der Waals surface area (Å²) >= 11 is 3.42. The van der Waals surface area contributed by atoms with Crippen molar-refractivity contribution in [1.82, 2.24) is 15.3 Å². The summed E-state index contributed by atoms with van der Waals surface area (Å²) in [7, 11) is 4.31. The van der Waals surface area contributed by atoms with Crippen LogP contribution in [0.3, 0.4) is 0 Å². The number of hydrazine groups is 1. The van der Waals surface area contributed by atoms with Gasteiger partial charge in [-0.3, -0.25) is 16.3 Å². The quantitative estimate of drug-likeness (QED) is 0.642. The fourth-order valence-corrected chi connectivity index (χ4v) is 3.47. The fraction of sp³-hybridized carbons (Fsp3) is 0.643. The molecule has 0 amide bonds. The average Bonchev–Trinajstić information content (AvgIpc) is 2.88. The molecular weight excluding hydrogens is 304 g/mol. The Morgan fingerprint density at radius 1 is 1.42 bits per heavy atom. The molecule has 1 unspecified atom stereocenters. The molecule has 5 heteroatoms. The number of nitrogens with two attached hydrogens (primary N) is 1. The third kappa shape index (κ3) is 3.16. The van der Waals surface area contributed by atoms with Crippen molar-refractivity contribution in [2.45, 2.75) is 43.7 Å². The zero-order valence-electron chi connectivity index (χ0n) is 11.7. The first kappa shape index (κ1) is 14.9. The Morgan fingerprint density at radius 3 is 2.58 bits per heavy atom. The van der Waals surface area contributed by atoms with E-state index in [9.17, 15) is 0 Å². The summed E-state index contributed by atoms with van der Waals surface area (Å²) in [6, 6.07) is 4.33. The second-order valence-electron chi connectivity index (χ2n) is 5.60. The highest BCUT2D eigenvalue weighted by atomic mass is 79.9. The minimum atomic E-state index is 0.156. The molecule has 0 spiro atoms. The van der Waals surface area contributed by atoms with Crippen LogP contribution in [-0.2, 0) is 6.42 Å². The van der Waals surface area contributed by atoms with Gasteiger partial charge in [0.1, 0.15) is 0 Å². The van der Waals surface area contributed by atoms with Crippen molar-refractivity contribution in [2.24, 2.45) is 5.84 Å². The predicted octanol–water partition coefficient (Wildman–Crippen LogP) is 2.09. The Kier molecular flexibility index (Phi) is 4.95. The van der Waals surface area contributed by atoms with Gasteiger partial charge >= 0.3 is 0 Å². The zero-order valence-corrected chi connectivity index (χ0v) is 13.3. The van der Waals surface area contributed by atoms with Crippen LogP contribution in [0.1, 0.15) is 31.4 Å². The lowest BCUT2D eigenvalue weighted by Crippen LogP contribution is -2.60. The molecule has 1 saturated carbocycles. The molecule has 0 bridgehead atoms. The highest BCUT2D eigenvalue weighted by Gasteiger charge is 2.42. The van der Waals surface area contributed by atoms with Crippen molar-refractivity contribution in [3.8, 4) is 0 Å². The summed E-state index contributed by atoms with van der Waals surface area (Å²) in [5, 5.41) is 0. The molecule has 0 aromatic carbocycles. The maximum absolute atomic E-state index is 5.84. The zero-order chi connectivity index (χ0) is 13.9. The lowest BCUT2D eigenvalue weighted by Gasteiger charge is -2.43. The van der Waals surface area contributed by atoms with Gasteiger partial charge in [0.2, 0.25) is 0 Å². The molecule has 1 fully saturated rings. The molecule has 1 aliphatic carbocycles. The topological polar surface area (TPSA) is 54.2 Å². The number of hydrogen-bond acceptors (Lipinski definition) is 4. The molecule has 1 aromatic rings. The molecule has 1 aromatic heterocycles. The lowest BCUT2D eigenvalue weighted by atomic mass is 9.84. The second kappa shape index (κ2) is 6.31. The van der Waals surface area contributed by atoms with E-state index in [1.54, 1.807) is 0 Å². The SMILES string of the molecule is CN(C)C1(C(Cc2ccc(Br)cn2)NN)CCCC1. The first-order valence-corrected chi connectivity index (χ1v) is 7.62. The summed E-state index contributed by atoms with van der Waals surface area (Å²) in [6.07, 6.45) is 7.67. The second-order valence-corrected chi connectivity index (χ2v) is 6.51. The van der Waals surface area contributed by atoms with E-state index >= 15 is 0 Å². The van der Waals surface area contributed by atoms with Gasteiger partial charge in [-0.25, -0.2) is 0 Å². The summed E-state index contributed by atoms with van der Waals surface area (Å²) in [5.74, 6) is 5.84. The van der Waals surface area contributed by atoms with Gasteiger partial charge in [0.15, 0.2) is 0 Å². The highest BCUT2D eigenvalue weighted by molar-refractivity contribution is 9.10. The molecule has 106 valence electrons. The normalized spacial score (nSPS) is 19.8. The summed E-state index contributed by atoms with van der Waals surface area (Å²) in [6.45, 7) is 0. The van der Waals surface area contributed by atoms with Gasteiger partial charge < -0.3 is 4.90 Å². The number of pyridine rings is 1. The number of nitrogens with one attached hydrogen (secondary N) is 1. The van der Waals surface area contributed by atoms with Crippen molar-refractivity contribution in [2.75, 3.05) is 14.1 Å². The van der Waals surface area contributed by atoms with Crippen LogP contribution in [0.15, 0.2) is 22.8 Å². The molecule has 19 heavy (non-hydrogen) atoms. The summed E-state index contributed by atoms with van der Waals surface area (Å²) < 4.78 is 1.01. The first-order valence-electron chi connectivity index (χ1n) is 6.82. The monoisotopic (exact) mass is 326 g/mol. The van der Waals surface area contributed by atoms with Gasteiger partial charge in [-0.15, -0.1) is 0 Å². The molecule has 3 N–H and O–H groups in total. The van der Waals surface area contributed by atoms with Gasteiger partial charge in [0.05, 0.1) is 0 Å². The number of rotatable bonds is 5. The van der Waals surface area contributed by atoms with Crippen LogP contribution in [0.2, 0.25) is 0 Å². The van der Waals surface area contributed by atoms with Gasteiger partial charge in [-0.2, -0.15) is 0 Å². The molecular formula is C14H23BrN4. The van der Waals surface area contributed by atoms with E-state index in [4.69, 9.17) is 5.84 Å². The Labute approximate surface area is 123 Å². The Bertz CT molecular complexity index is 398. The minimum Gasteiger partial charge on any atom is -0.302 e. The van der Waals surface area contributed by atoms with E-state index in [2.05, 4.69) is 51.4 Å². The molecule has 0 aliphatic heterocycles. The molecule has 4 nitrogen and oxygen atoms in total. The molecule has 2 rings (SSSR count). The molecule has 1 heterocycles. The number of hydrogen-bond donors (Lipinski definition) is 2. The van der Waals surface area contributed by atoms with Crippen LogP contribution in [-0.4, -0.2) is 35.6 Å². The standard InChI is InChI=1S/C14H23BrN4/c1-19(2)14(7-3-4-8-14)13(18-16)9-12-6-5-11(15)10-17-12/h5-6,10,13,18H,3-4,7-9,16H2,1-2H3. The summed E-state index contributed by atoms with van der Waals surface area (Å²) in [5.41, 5.74) is 4.27. The van der Waals surface area contributed by atoms with Crippen LogP contribution in [0.4, 0.5) is 0 Å². The molecule has 1 atom stereocenters. The van der Waals surface area contributed by atoms with E-state index in [1.807, 2.05) is 12.3 Å². The number of likely N-dealkylation sites (N-methyl/N-ethyl adjacent to an activating group) is 1. The molecule has 1 aliphatic rings. The van der Waals surface area contributed by atoms with Crippen molar-refractivity contribution in [3.63, 3.8) is 0 Å². The van der Waals surface area contributed by atoms with Crippen molar-refractivity contribution in [1.29, 1.82) is 0 Å². The average molecular weight is 327 g/mol. The highest BCUT2D eigenvalue weighted by Crippen LogP contribution is 2.37. The smallest absolute Gasteiger partial charge is 0.0449 e. The third-order valence-corrected chi connectivity index (χ3v) is 4.88. The molecule has 0 saturated heterocycles. The van der Waals surface area contributed by atoms with E-state index < -0.39 is 0 Å². The predicted molar refractivity (Wildman–Crippen MR) is 81.6 cm³/mol. The summed E-state index contributed by atoms with van der Waals surface area (Å²) in [4.78, 5) is 6.80. The third-order valence-electron chi connectivity index (χ3n) is 4.41. The Hall–Kier alpha value is -0.490. The number of nitrogens with zero attached hydrogens (tertiary/aromatic N) is 2. The maximum Gasteiger partial charge on any atom is 0.0449 e. The van der Waals surface area contributed by atoms with Crippen molar-refractivity contribution in [3.05, 3.63) is 28.5 Å². The van der Waals surface area contributed by atoms with E-state index in [1.165, 1.54) is 25.7 Å². The lowest BCUT2D eigenvalue weighted by molar-refractivity contribution is 0.104. The van der Waals surface area contributed by atoms with Crippen LogP contribution >= 0.6 is 15.9 Å². The van der Waals surface area contributed by atoms with Gasteiger partial charge in [-0.1, -0.05) is 12.8 Å². The number of aromatic nitrogens is 1. The van der Waals surface area contributed by atoms with Crippen molar-refractivity contribution < 1.29 is 0 Å². The van der Waals surface area contributed by atoms with Gasteiger partial charge in [-0.05, 0) is 55.0 Å². The Morgan fingerprint density at radius 2 is 2.11 bits per heavy atom. The largest absolute Gasteiger partial charge is 0.302 e. The Balaban J connectivity index is 2.16. The maximum atomic E-state index is 5.84.